The predicted molar refractivity (Wildman–Crippen MR) is 627 cm³/mol. The van der Waals surface area contributed by atoms with Gasteiger partial charge in [0.25, 0.3) is 0 Å². The number of fused-ring (bicyclic) bond motifs is 5. The van der Waals surface area contributed by atoms with E-state index in [9.17, 15) is 0 Å². The molecule has 0 atom stereocenters. The van der Waals surface area contributed by atoms with Crippen LogP contribution < -0.4 is 0 Å². The first kappa shape index (κ1) is 114. The molecule has 15 aromatic carbocycles. The third-order valence-corrected chi connectivity index (χ3v) is 26.5. The summed E-state index contributed by atoms with van der Waals surface area (Å²) in [6, 6.07) is 155. The molecular weight excluding hydrogens is 2450 g/mol. The number of rotatable bonds is 35. The van der Waals surface area contributed by atoms with Gasteiger partial charge in [-0.2, -0.15) is 0 Å². The van der Waals surface area contributed by atoms with Crippen LogP contribution in [0.2, 0.25) is 0 Å². The fraction of sp³-hybridized carbons (Fsp3) is 0.222. The van der Waals surface area contributed by atoms with Gasteiger partial charge in [-0.25, -0.2) is 4.98 Å². The molecule has 20 rings (SSSR count). The van der Waals surface area contributed by atoms with Gasteiger partial charge in [0.15, 0.2) is 0 Å². The molecule has 0 aliphatic rings. The van der Waals surface area contributed by atoms with E-state index >= 15 is 0 Å². The predicted octanol–water partition coefficient (Wildman–Crippen LogP) is 41.1. The van der Waals surface area contributed by atoms with Crippen LogP contribution in [0.3, 0.4) is 0 Å². The Morgan fingerprint density at radius 3 is 0.608 bits per heavy atom. The maximum absolute atomic E-state index is 4.97. The second kappa shape index (κ2) is 63.7. The molecule has 0 aliphatic heterocycles. The van der Waals surface area contributed by atoms with Gasteiger partial charge >= 0.3 is 97.2 Å². The van der Waals surface area contributed by atoms with Crippen molar-refractivity contribution < 1.29 is 49.2 Å². The van der Waals surface area contributed by atoms with E-state index < -0.39 is 13.5 Å². The van der Waals surface area contributed by atoms with Crippen molar-refractivity contribution in [1.82, 2.24) is 24.9 Å². The summed E-state index contributed by atoms with van der Waals surface area (Å²) < 4.78 is 0. The fourth-order valence-corrected chi connectivity index (χ4v) is 18.2. The van der Waals surface area contributed by atoms with Crippen molar-refractivity contribution in [3.05, 3.63) is 452 Å². The van der Waals surface area contributed by atoms with Crippen LogP contribution in [-0.4, -0.2) is 24.9 Å². The number of aromatic nitrogens is 5. The second-order valence-electron chi connectivity index (χ2n) is 37.2. The zero-order valence-corrected chi connectivity index (χ0v) is 96.4. The molecule has 0 N–H and O–H groups in total. The maximum atomic E-state index is 4.97. The van der Waals surface area contributed by atoms with Gasteiger partial charge in [-0.15, -0.1) is 142 Å². The Bertz CT molecular complexity index is 6360. The van der Waals surface area contributed by atoms with Crippen LogP contribution in [0.4, 0.5) is 0 Å². The second-order valence-corrected chi connectivity index (χ2v) is 47.6. The van der Waals surface area contributed by atoms with Crippen molar-refractivity contribution in [2.24, 2.45) is 0 Å². The number of para-hydroxylation sites is 5. The van der Waals surface area contributed by atoms with Crippen LogP contribution in [0, 0.1) is 24.3 Å². The van der Waals surface area contributed by atoms with Crippen molar-refractivity contribution in [3.8, 4) is 112 Å². The molecule has 5 nitrogen and oxygen atoms in total. The standard InChI is InChI=1S/C27H27N.4C27H26N.5ClH.3Ir/c5*1-2-3-4-5-9-21-14-16-22(17-15-21)24-11-8-12-25(20-24)27-19-18-23-10-6-7-13-26(23)28-27;;;;;;;;/h6-8,10-20H,2-5,9H2,1H3;4*6-8,10-11,13-20H,2-5,9H2,1H3;5*1H;;;/q;4*-1;;;;;;3*+3/p-5. The zero-order chi connectivity index (χ0) is 103. The van der Waals surface area contributed by atoms with Crippen LogP contribution in [0.1, 0.15) is 191 Å². The van der Waals surface area contributed by atoms with Crippen LogP contribution in [0.5, 0.6) is 0 Å². The third kappa shape index (κ3) is 36.0. The van der Waals surface area contributed by atoms with E-state index in [0.717, 1.165) is 105 Å². The van der Waals surface area contributed by atoms with Crippen molar-refractivity contribution >= 4 is 102 Å². The average molecular weight is 2580 g/mol. The minimum atomic E-state index is -1.92. The minimum absolute atomic E-state index is 0.966. The van der Waals surface area contributed by atoms with Gasteiger partial charge < -0.3 is 0 Å². The molecule has 0 saturated heterocycles. The molecule has 0 saturated carbocycles. The van der Waals surface area contributed by atoms with E-state index in [1.54, 1.807) is 0 Å². The first-order valence-corrected chi connectivity index (χ1v) is 67.1. The van der Waals surface area contributed by atoms with Crippen LogP contribution in [0.15, 0.2) is 400 Å². The molecule has 5 heterocycles. The molecule has 5 aromatic heterocycles. The number of nitrogens with zero attached hydrogens (tertiary/aromatic N) is 5. The van der Waals surface area contributed by atoms with E-state index in [4.69, 9.17) is 53.7 Å². The number of halogens is 5. The Hall–Kier alpha value is -11.3. The molecular formula is C135H131Cl5Ir3N5. The molecule has 20 aromatic rings. The van der Waals surface area contributed by atoms with Gasteiger partial charge in [0, 0.05) is 10.9 Å². The zero-order valence-electron chi connectivity index (χ0n) is 85.4. The van der Waals surface area contributed by atoms with Crippen molar-refractivity contribution in [2.45, 2.75) is 195 Å². The Morgan fingerprint density at radius 1 is 0.189 bits per heavy atom. The Labute approximate surface area is 927 Å². The summed E-state index contributed by atoms with van der Waals surface area (Å²) in [6.45, 7) is 11.3. The number of pyridine rings is 5. The average Bonchev–Trinajstić information content (AvgIpc) is 0.822. The van der Waals surface area contributed by atoms with Crippen molar-refractivity contribution in [1.29, 1.82) is 0 Å². The first-order chi connectivity index (χ1) is 72.9. The summed E-state index contributed by atoms with van der Waals surface area (Å²) in [5, 5.41) is 5.83. The summed E-state index contributed by atoms with van der Waals surface area (Å²) in [6.07, 6.45) is 32.1. The topological polar surface area (TPSA) is 64.5 Å². The first-order valence-electron chi connectivity index (χ1n) is 52.2. The molecule has 0 fully saturated rings. The van der Waals surface area contributed by atoms with Crippen molar-refractivity contribution in [3.63, 3.8) is 0 Å². The normalized spacial score (nSPS) is 10.8. The summed E-state index contributed by atoms with van der Waals surface area (Å²) in [5.74, 6) is 0. The quantitative estimate of drug-likeness (QED) is 0.0293. The Balaban J connectivity index is 0.000000152. The fourth-order valence-electron chi connectivity index (χ4n) is 18.2. The van der Waals surface area contributed by atoms with E-state index in [1.807, 2.05) is 78.9 Å². The number of hydrogen-bond donors (Lipinski definition) is 0. The summed E-state index contributed by atoms with van der Waals surface area (Å²) >= 11 is 1.03. The van der Waals surface area contributed by atoms with Gasteiger partial charge in [-0.3, -0.25) is 19.9 Å². The van der Waals surface area contributed by atoms with Crippen molar-refractivity contribution in [2.75, 3.05) is 0 Å². The van der Waals surface area contributed by atoms with Gasteiger partial charge in [-0.05, 0) is 212 Å². The molecule has 13 heteroatoms. The van der Waals surface area contributed by atoms with Gasteiger partial charge in [0.2, 0.25) is 0 Å². The molecule has 0 unspecified atom stereocenters. The third-order valence-electron chi connectivity index (χ3n) is 26.5. The Kier molecular flexibility index (Phi) is 49.0. The Morgan fingerprint density at radius 2 is 0.385 bits per heavy atom. The number of hydrogen-bond acceptors (Lipinski definition) is 5. The number of unbranched alkanes of at least 4 members (excludes halogenated alkanes) is 15. The number of aryl methyl sites for hydroxylation is 5. The summed E-state index contributed by atoms with van der Waals surface area (Å²) in [4.78, 5) is 24.1. The van der Waals surface area contributed by atoms with Crippen LogP contribution in [-0.2, 0) is 81.3 Å². The van der Waals surface area contributed by atoms with E-state index in [2.05, 4.69) is 400 Å². The monoisotopic (exact) mass is 2580 g/mol. The van der Waals surface area contributed by atoms with E-state index in [1.165, 1.54) is 285 Å². The van der Waals surface area contributed by atoms with Gasteiger partial charge in [-0.1, -0.05) is 416 Å². The summed E-state index contributed by atoms with van der Waals surface area (Å²) in [5.41, 5.74) is 34.8. The molecule has 0 amide bonds. The molecule has 148 heavy (non-hydrogen) atoms. The summed E-state index contributed by atoms with van der Waals surface area (Å²) in [7, 11) is 24.2. The molecule has 0 spiro atoms. The van der Waals surface area contributed by atoms with E-state index in [-0.39, 0.29) is 0 Å². The molecule has 0 radical (unpaired) electrons. The van der Waals surface area contributed by atoms with E-state index in [0.29, 0.717) is 0 Å². The molecule has 758 valence electrons. The van der Waals surface area contributed by atoms with Crippen LogP contribution in [0.25, 0.3) is 166 Å². The SMILES string of the molecule is CCCCCCc1ccc(-c2cc[c-]c(-c3ccc4ccccc4n3)c2)cc1.CCCCCCc1ccc(-c2cc[c-]c(-c3ccc4ccccc4n3)c2)cc1.CCCCCCc1ccc(-c2cc[c-]c(-c3ccc4ccccc4n3)c2)cc1.CCCCCCc1ccc(-c2cc[c-]c(-c3ccc4ccccc4n3)c2)cc1.CCCCCCc1ccc(-c2cccc(-c3ccc4ccccc4n3)c2)cc1.[Cl][Ir+2].[Cl][Ir+2].[Cl][Ir]([Cl])[Cl]. The number of benzene rings is 15. The molecule has 0 bridgehead atoms. The van der Waals surface area contributed by atoms with Gasteiger partial charge in [0.05, 0.1) is 33.3 Å². The molecule has 0 aliphatic carbocycles. The van der Waals surface area contributed by atoms with Gasteiger partial charge in [0.1, 0.15) is 0 Å². The van der Waals surface area contributed by atoms with Crippen LogP contribution >= 0.6 is 47.9 Å².